The largest absolute Gasteiger partial charge is 0.389 e. The minimum atomic E-state index is -0.523. The van der Waals surface area contributed by atoms with Gasteiger partial charge < -0.3 is 5.11 Å². The van der Waals surface area contributed by atoms with Crippen LogP contribution in [0.5, 0.6) is 0 Å². The fourth-order valence-corrected chi connectivity index (χ4v) is 3.10. The molecule has 6 heteroatoms. The molecule has 0 bridgehead atoms. The summed E-state index contributed by atoms with van der Waals surface area (Å²) in [6.07, 6.45) is 2.03. The van der Waals surface area contributed by atoms with E-state index < -0.39 is 6.10 Å². The molecule has 0 radical (unpaired) electrons. The molecule has 2 rings (SSSR count). The topological polar surface area (TPSA) is 58.9 Å². The van der Waals surface area contributed by atoms with Crippen molar-refractivity contribution in [1.29, 1.82) is 0 Å². The molecule has 0 saturated heterocycles. The molecule has 2 heterocycles. The highest BCUT2D eigenvalue weighted by Gasteiger charge is 2.12. The van der Waals surface area contributed by atoms with Crippen LogP contribution in [0.4, 0.5) is 0 Å². The minimum Gasteiger partial charge on any atom is -0.389 e. The maximum Gasteiger partial charge on any atom is 0.176 e. The van der Waals surface area contributed by atoms with Crippen molar-refractivity contribution >= 4 is 23.3 Å². The molecule has 0 amide bonds. The number of aryl methyl sites for hydroxylation is 1. The van der Waals surface area contributed by atoms with Gasteiger partial charge in [-0.2, -0.15) is 4.37 Å². The predicted molar refractivity (Wildman–Crippen MR) is 68.3 cm³/mol. The third-order valence-electron chi connectivity index (χ3n) is 2.20. The number of aliphatic hydroxyl groups is 1. The molecule has 0 aromatic carbocycles. The van der Waals surface area contributed by atoms with Crippen molar-refractivity contribution in [3.05, 3.63) is 29.7 Å². The third-order valence-corrected chi connectivity index (χ3v) is 4.02. The molecule has 0 aliphatic rings. The zero-order chi connectivity index (χ0) is 12.3. The molecule has 0 saturated carbocycles. The second-order valence-electron chi connectivity index (χ2n) is 3.51. The van der Waals surface area contributed by atoms with Gasteiger partial charge in [0, 0.05) is 18.2 Å². The Labute approximate surface area is 108 Å². The van der Waals surface area contributed by atoms with Crippen molar-refractivity contribution in [2.45, 2.75) is 35.7 Å². The summed E-state index contributed by atoms with van der Waals surface area (Å²) in [6, 6.07) is 3.70. The van der Waals surface area contributed by atoms with Gasteiger partial charge in [0.25, 0.3) is 0 Å². The smallest absolute Gasteiger partial charge is 0.176 e. The van der Waals surface area contributed by atoms with E-state index >= 15 is 0 Å². The van der Waals surface area contributed by atoms with E-state index in [-0.39, 0.29) is 0 Å². The van der Waals surface area contributed by atoms with Crippen LogP contribution in [0.2, 0.25) is 0 Å². The van der Waals surface area contributed by atoms with Crippen LogP contribution in [-0.2, 0) is 6.42 Å². The van der Waals surface area contributed by atoms with E-state index in [2.05, 4.69) is 14.3 Å². The highest BCUT2D eigenvalue weighted by Crippen LogP contribution is 2.32. The molecule has 0 unspecified atom stereocenters. The first-order valence-electron chi connectivity index (χ1n) is 5.34. The summed E-state index contributed by atoms with van der Waals surface area (Å²) in [6.45, 7) is 3.76. The summed E-state index contributed by atoms with van der Waals surface area (Å²) in [5, 5.41) is 10.4. The van der Waals surface area contributed by atoms with Crippen LogP contribution in [0.15, 0.2) is 27.7 Å². The van der Waals surface area contributed by atoms with E-state index in [1.165, 1.54) is 23.3 Å². The summed E-state index contributed by atoms with van der Waals surface area (Å²) in [5.74, 6) is 0.854. The lowest BCUT2D eigenvalue weighted by atomic mass is 10.2. The highest BCUT2D eigenvalue weighted by atomic mass is 32.2. The SMILES string of the molecule is CCc1nsc(Sc2ncccc2[C@@H](C)O)n1. The van der Waals surface area contributed by atoms with Gasteiger partial charge in [-0.15, -0.1) is 0 Å². The maximum absolute atomic E-state index is 9.65. The molecule has 2 aromatic heterocycles. The Morgan fingerprint density at radius 1 is 1.53 bits per heavy atom. The van der Waals surface area contributed by atoms with Gasteiger partial charge in [0.1, 0.15) is 10.9 Å². The molecule has 4 nitrogen and oxygen atoms in total. The van der Waals surface area contributed by atoms with E-state index in [1.54, 1.807) is 13.1 Å². The van der Waals surface area contributed by atoms with Crippen LogP contribution in [0, 0.1) is 0 Å². The first kappa shape index (κ1) is 12.5. The number of aliphatic hydroxyl groups excluding tert-OH is 1. The van der Waals surface area contributed by atoms with Gasteiger partial charge in [-0.3, -0.25) is 0 Å². The van der Waals surface area contributed by atoms with Gasteiger partial charge in [-0.25, -0.2) is 9.97 Å². The number of hydrogen-bond acceptors (Lipinski definition) is 6. The lowest BCUT2D eigenvalue weighted by molar-refractivity contribution is 0.195. The molecular formula is C11H13N3OS2. The van der Waals surface area contributed by atoms with Crippen LogP contribution in [0.25, 0.3) is 0 Å². The monoisotopic (exact) mass is 267 g/mol. The quantitative estimate of drug-likeness (QED) is 0.923. The van der Waals surface area contributed by atoms with Gasteiger partial charge >= 0.3 is 0 Å². The van der Waals surface area contributed by atoms with Crippen LogP contribution < -0.4 is 0 Å². The summed E-state index contributed by atoms with van der Waals surface area (Å²) in [5.41, 5.74) is 0.825. The van der Waals surface area contributed by atoms with Crippen LogP contribution >= 0.6 is 23.3 Å². The van der Waals surface area contributed by atoms with E-state index in [9.17, 15) is 5.11 Å². The summed E-state index contributed by atoms with van der Waals surface area (Å²) < 4.78 is 5.09. The Morgan fingerprint density at radius 3 is 3.00 bits per heavy atom. The van der Waals surface area contributed by atoms with Crippen molar-refractivity contribution in [1.82, 2.24) is 14.3 Å². The Morgan fingerprint density at radius 2 is 2.35 bits per heavy atom. The van der Waals surface area contributed by atoms with Crippen molar-refractivity contribution in [3.8, 4) is 0 Å². The van der Waals surface area contributed by atoms with Crippen molar-refractivity contribution in [2.75, 3.05) is 0 Å². The number of aromatic nitrogens is 3. The van der Waals surface area contributed by atoms with E-state index in [1.807, 2.05) is 19.1 Å². The second-order valence-corrected chi connectivity index (χ2v) is 5.49. The molecule has 1 atom stereocenters. The van der Waals surface area contributed by atoms with Gasteiger partial charge in [0.15, 0.2) is 4.34 Å². The van der Waals surface area contributed by atoms with Crippen LogP contribution in [0.3, 0.4) is 0 Å². The summed E-state index contributed by atoms with van der Waals surface area (Å²) in [7, 11) is 0. The zero-order valence-corrected chi connectivity index (χ0v) is 11.3. The fourth-order valence-electron chi connectivity index (χ4n) is 1.31. The maximum atomic E-state index is 9.65. The molecule has 90 valence electrons. The Balaban J connectivity index is 2.23. The van der Waals surface area contributed by atoms with Crippen LogP contribution in [0.1, 0.15) is 31.3 Å². The molecule has 2 aromatic rings. The molecule has 17 heavy (non-hydrogen) atoms. The van der Waals surface area contributed by atoms with Gasteiger partial charge in [-0.05, 0) is 36.3 Å². The number of pyridine rings is 1. The number of nitrogens with zero attached hydrogens (tertiary/aromatic N) is 3. The van der Waals surface area contributed by atoms with E-state index in [4.69, 9.17) is 0 Å². The first-order chi connectivity index (χ1) is 8.20. The first-order valence-corrected chi connectivity index (χ1v) is 6.93. The van der Waals surface area contributed by atoms with E-state index in [0.717, 1.165) is 27.2 Å². The second kappa shape index (κ2) is 5.57. The summed E-state index contributed by atoms with van der Waals surface area (Å²) >= 11 is 2.82. The molecule has 0 fully saturated rings. The standard InChI is InChI=1S/C11H13N3OS2/c1-3-9-13-11(17-14-9)16-10-8(7(2)15)5-4-6-12-10/h4-7,15H,3H2,1-2H3/t7-/m1/s1. The Kier molecular flexibility index (Phi) is 4.09. The van der Waals surface area contributed by atoms with Crippen LogP contribution in [-0.4, -0.2) is 19.4 Å². The fraction of sp³-hybridized carbons (Fsp3) is 0.364. The third kappa shape index (κ3) is 3.02. The highest BCUT2D eigenvalue weighted by molar-refractivity contribution is 8.00. The molecule has 0 spiro atoms. The zero-order valence-electron chi connectivity index (χ0n) is 9.62. The Bertz CT molecular complexity index is 499. The van der Waals surface area contributed by atoms with Crippen molar-refractivity contribution < 1.29 is 5.11 Å². The van der Waals surface area contributed by atoms with Crippen molar-refractivity contribution in [3.63, 3.8) is 0 Å². The lowest BCUT2D eigenvalue weighted by Gasteiger charge is -2.08. The Hall–Kier alpha value is -0.980. The lowest BCUT2D eigenvalue weighted by Crippen LogP contribution is -1.95. The van der Waals surface area contributed by atoms with Gasteiger partial charge in [-0.1, -0.05) is 13.0 Å². The minimum absolute atomic E-state index is 0.523. The number of rotatable bonds is 4. The summed E-state index contributed by atoms with van der Waals surface area (Å²) in [4.78, 5) is 8.65. The molecular weight excluding hydrogens is 254 g/mol. The van der Waals surface area contributed by atoms with Crippen molar-refractivity contribution in [2.24, 2.45) is 0 Å². The predicted octanol–water partition coefficient (Wildman–Crippen LogP) is 2.70. The average molecular weight is 267 g/mol. The molecule has 0 aliphatic heterocycles. The van der Waals surface area contributed by atoms with Gasteiger partial charge in [0.05, 0.1) is 6.10 Å². The molecule has 1 N–H and O–H groups in total. The normalized spacial score (nSPS) is 12.6. The van der Waals surface area contributed by atoms with Gasteiger partial charge in [0.2, 0.25) is 0 Å². The average Bonchev–Trinajstić information content (AvgIpc) is 2.77. The molecule has 0 aliphatic carbocycles. The number of hydrogen-bond donors (Lipinski definition) is 1. The van der Waals surface area contributed by atoms with E-state index in [0.29, 0.717) is 0 Å².